The normalized spacial score (nSPS) is 20.7. The van der Waals surface area contributed by atoms with E-state index < -0.39 is 0 Å². The summed E-state index contributed by atoms with van der Waals surface area (Å²) in [6, 6.07) is 5.80. The van der Waals surface area contributed by atoms with E-state index in [0.717, 1.165) is 38.2 Å². The molecule has 1 saturated heterocycles. The Labute approximate surface area is 121 Å². The Balaban J connectivity index is 2.10. The van der Waals surface area contributed by atoms with Gasteiger partial charge in [-0.3, -0.25) is 4.90 Å². The number of nitrogens with two attached hydrogens (primary N) is 1. The standard InChI is InChI=1S/C16H26FN3/c1-4-19(5-2)14-8-9-20(11-14)16-7-6-13(12(3)18)10-15(16)17/h6-7,10,12,14H,4-5,8-9,11,18H2,1-3H3/t12-,14?/m1/s1. The van der Waals surface area contributed by atoms with Crippen LogP contribution in [0.4, 0.5) is 10.1 Å². The highest BCUT2D eigenvalue weighted by molar-refractivity contribution is 5.50. The van der Waals surface area contributed by atoms with Crippen molar-refractivity contribution in [2.75, 3.05) is 31.1 Å². The van der Waals surface area contributed by atoms with Gasteiger partial charge in [0.25, 0.3) is 0 Å². The molecule has 0 aliphatic carbocycles. The van der Waals surface area contributed by atoms with Gasteiger partial charge in [0, 0.05) is 25.2 Å². The molecule has 1 aromatic carbocycles. The molecule has 112 valence electrons. The zero-order valence-corrected chi connectivity index (χ0v) is 12.8. The molecule has 1 unspecified atom stereocenters. The zero-order chi connectivity index (χ0) is 14.7. The Morgan fingerprint density at radius 2 is 2.10 bits per heavy atom. The first-order valence-corrected chi connectivity index (χ1v) is 7.60. The molecule has 1 fully saturated rings. The fourth-order valence-electron chi connectivity index (χ4n) is 3.06. The van der Waals surface area contributed by atoms with Crippen LogP contribution in [0.5, 0.6) is 0 Å². The highest BCUT2D eigenvalue weighted by atomic mass is 19.1. The van der Waals surface area contributed by atoms with E-state index in [2.05, 4.69) is 23.6 Å². The van der Waals surface area contributed by atoms with E-state index in [9.17, 15) is 4.39 Å². The molecule has 20 heavy (non-hydrogen) atoms. The van der Waals surface area contributed by atoms with E-state index >= 15 is 0 Å². The van der Waals surface area contributed by atoms with Crippen molar-refractivity contribution in [2.45, 2.75) is 39.3 Å². The lowest BCUT2D eigenvalue weighted by molar-refractivity contribution is 0.232. The quantitative estimate of drug-likeness (QED) is 0.899. The molecule has 1 aromatic rings. The molecule has 0 amide bonds. The van der Waals surface area contributed by atoms with E-state index in [1.165, 1.54) is 0 Å². The summed E-state index contributed by atoms with van der Waals surface area (Å²) in [6.45, 7) is 10.2. The van der Waals surface area contributed by atoms with Gasteiger partial charge in [-0.1, -0.05) is 19.9 Å². The summed E-state index contributed by atoms with van der Waals surface area (Å²) in [4.78, 5) is 4.61. The number of hydrogen-bond donors (Lipinski definition) is 1. The van der Waals surface area contributed by atoms with Crippen molar-refractivity contribution in [3.8, 4) is 0 Å². The number of halogens is 1. The maximum Gasteiger partial charge on any atom is 0.146 e. The van der Waals surface area contributed by atoms with Gasteiger partial charge in [-0.05, 0) is 44.1 Å². The number of likely N-dealkylation sites (N-methyl/N-ethyl adjacent to an activating group) is 1. The molecule has 0 spiro atoms. The molecule has 1 aliphatic rings. The van der Waals surface area contributed by atoms with Crippen LogP contribution in [0.3, 0.4) is 0 Å². The van der Waals surface area contributed by atoms with Crippen LogP contribution < -0.4 is 10.6 Å². The van der Waals surface area contributed by atoms with Crippen LogP contribution in [0, 0.1) is 5.82 Å². The number of nitrogens with zero attached hydrogens (tertiary/aromatic N) is 2. The van der Waals surface area contributed by atoms with Gasteiger partial charge in [0.05, 0.1) is 5.69 Å². The predicted molar refractivity (Wildman–Crippen MR) is 82.5 cm³/mol. The van der Waals surface area contributed by atoms with Gasteiger partial charge < -0.3 is 10.6 Å². The highest BCUT2D eigenvalue weighted by Gasteiger charge is 2.27. The third-order valence-electron chi connectivity index (χ3n) is 4.33. The summed E-state index contributed by atoms with van der Waals surface area (Å²) in [5.74, 6) is -0.153. The molecule has 1 heterocycles. The summed E-state index contributed by atoms with van der Waals surface area (Å²) < 4.78 is 14.2. The van der Waals surface area contributed by atoms with E-state index in [0.29, 0.717) is 11.7 Å². The van der Waals surface area contributed by atoms with Crippen LogP contribution in [-0.2, 0) is 0 Å². The lowest BCUT2D eigenvalue weighted by Gasteiger charge is -2.27. The Morgan fingerprint density at radius 3 is 2.65 bits per heavy atom. The molecule has 0 aromatic heterocycles. The summed E-state index contributed by atoms with van der Waals surface area (Å²) in [7, 11) is 0. The van der Waals surface area contributed by atoms with Crippen molar-refractivity contribution in [1.82, 2.24) is 4.90 Å². The van der Waals surface area contributed by atoms with Gasteiger partial charge in [0.2, 0.25) is 0 Å². The van der Waals surface area contributed by atoms with Crippen molar-refractivity contribution in [3.63, 3.8) is 0 Å². The number of hydrogen-bond acceptors (Lipinski definition) is 3. The minimum atomic E-state index is -0.153. The topological polar surface area (TPSA) is 32.5 Å². The van der Waals surface area contributed by atoms with Crippen molar-refractivity contribution in [1.29, 1.82) is 0 Å². The van der Waals surface area contributed by atoms with Crippen LogP contribution in [0.25, 0.3) is 0 Å². The smallest absolute Gasteiger partial charge is 0.146 e. The van der Waals surface area contributed by atoms with Crippen LogP contribution in [-0.4, -0.2) is 37.1 Å². The van der Waals surface area contributed by atoms with Gasteiger partial charge in [0.15, 0.2) is 0 Å². The van der Waals surface area contributed by atoms with Crippen LogP contribution in [0.2, 0.25) is 0 Å². The Morgan fingerprint density at radius 1 is 1.40 bits per heavy atom. The predicted octanol–water partition coefficient (Wildman–Crippen LogP) is 2.77. The molecule has 0 radical (unpaired) electrons. The van der Waals surface area contributed by atoms with Crippen molar-refractivity contribution in [2.24, 2.45) is 5.73 Å². The van der Waals surface area contributed by atoms with E-state index in [-0.39, 0.29) is 11.9 Å². The third-order valence-corrected chi connectivity index (χ3v) is 4.33. The summed E-state index contributed by atoms with van der Waals surface area (Å²) >= 11 is 0. The first-order chi connectivity index (χ1) is 9.56. The van der Waals surface area contributed by atoms with Crippen molar-refractivity contribution >= 4 is 5.69 Å². The first-order valence-electron chi connectivity index (χ1n) is 7.60. The molecular formula is C16H26FN3. The largest absolute Gasteiger partial charge is 0.368 e. The maximum atomic E-state index is 14.2. The van der Waals surface area contributed by atoms with Gasteiger partial charge in [-0.2, -0.15) is 0 Å². The van der Waals surface area contributed by atoms with Gasteiger partial charge in [-0.25, -0.2) is 4.39 Å². The second-order valence-corrected chi connectivity index (χ2v) is 5.61. The summed E-state index contributed by atoms with van der Waals surface area (Å²) in [5, 5.41) is 0. The van der Waals surface area contributed by atoms with Crippen LogP contribution >= 0.6 is 0 Å². The lowest BCUT2D eigenvalue weighted by Crippen LogP contribution is -2.37. The SMILES string of the molecule is CCN(CC)C1CCN(c2ccc([C@@H](C)N)cc2F)C1. The number of anilines is 1. The molecule has 2 atom stereocenters. The van der Waals surface area contributed by atoms with Gasteiger partial charge >= 0.3 is 0 Å². The molecular weight excluding hydrogens is 253 g/mol. The zero-order valence-electron chi connectivity index (χ0n) is 12.8. The molecule has 3 nitrogen and oxygen atoms in total. The Bertz CT molecular complexity index is 443. The Kier molecular flexibility index (Phi) is 5.00. The fourth-order valence-corrected chi connectivity index (χ4v) is 3.06. The molecule has 0 bridgehead atoms. The van der Waals surface area contributed by atoms with Crippen LogP contribution in [0.15, 0.2) is 18.2 Å². The van der Waals surface area contributed by atoms with Crippen molar-refractivity contribution in [3.05, 3.63) is 29.6 Å². The van der Waals surface area contributed by atoms with Crippen molar-refractivity contribution < 1.29 is 4.39 Å². The average Bonchev–Trinajstić information content (AvgIpc) is 2.89. The van der Waals surface area contributed by atoms with E-state index in [1.807, 2.05) is 19.1 Å². The van der Waals surface area contributed by atoms with E-state index in [1.54, 1.807) is 6.07 Å². The molecule has 0 saturated carbocycles. The first kappa shape index (κ1) is 15.3. The van der Waals surface area contributed by atoms with Gasteiger partial charge in [-0.15, -0.1) is 0 Å². The van der Waals surface area contributed by atoms with Crippen LogP contribution in [0.1, 0.15) is 38.8 Å². The third kappa shape index (κ3) is 3.13. The fraction of sp³-hybridized carbons (Fsp3) is 0.625. The molecule has 2 N–H and O–H groups in total. The highest BCUT2D eigenvalue weighted by Crippen LogP contribution is 2.27. The Hall–Kier alpha value is -1.13. The monoisotopic (exact) mass is 279 g/mol. The second kappa shape index (κ2) is 6.55. The average molecular weight is 279 g/mol. The number of rotatable bonds is 5. The van der Waals surface area contributed by atoms with E-state index in [4.69, 9.17) is 5.73 Å². The second-order valence-electron chi connectivity index (χ2n) is 5.61. The maximum absolute atomic E-state index is 14.2. The summed E-state index contributed by atoms with van der Waals surface area (Å²) in [5.41, 5.74) is 7.36. The molecule has 4 heteroatoms. The summed E-state index contributed by atoms with van der Waals surface area (Å²) in [6.07, 6.45) is 1.11. The minimum absolute atomic E-state index is 0.124. The number of benzene rings is 1. The minimum Gasteiger partial charge on any atom is -0.368 e. The molecule has 1 aliphatic heterocycles. The lowest BCUT2D eigenvalue weighted by atomic mass is 10.1. The van der Waals surface area contributed by atoms with Gasteiger partial charge in [0.1, 0.15) is 5.82 Å². The molecule has 2 rings (SSSR count).